The number of rotatable bonds is 7. The molecular weight excluding hydrogens is 426 g/mol. The van der Waals surface area contributed by atoms with Gasteiger partial charge in [0.15, 0.2) is 0 Å². The molecule has 3 rings (SSSR count). The van der Waals surface area contributed by atoms with Gasteiger partial charge in [0, 0.05) is 37.4 Å². The highest BCUT2D eigenvalue weighted by Crippen LogP contribution is 2.22. The maximum absolute atomic E-state index is 12.9. The number of sulfonamides is 1. The van der Waals surface area contributed by atoms with Crippen molar-refractivity contribution in [3.05, 3.63) is 59.0 Å². The number of carbonyl (C=O) groups excluding carboxylic acids is 1. The first-order chi connectivity index (χ1) is 14.2. The van der Waals surface area contributed by atoms with Crippen molar-refractivity contribution in [1.29, 1.82) is 0 Å². The van der Waals surface area contributed by atoms with Crippen molar-refractivity contribution in [2.24, 2.45) is 7.05 Å². The molecule has 160 valence electrons. The van der Waals surface area contributed by atoms with Gasteiger partial charge >= 0.3 is 0 Å². The predicted octanol–water partition coefficient (Wildman–Crippen LogP) is 3.46. The van der Waals surface area contributed by atoms with Crippen LogP contribution in [0.4, 0.5) is 5.82 Å². The number of hydrogen-bond donors (Lipinski definition) is 1. The van der Waals surface area contributed by atoms with Crippen LogP contribution in [-0.2, 0) is 17.1 Å². The van der Waals surface area contributed by atoms with E-state index in [1.54, 1.807) is 49.8 Å². The zero-order valence-electron chi connectivity index (χ0n) is 17.3. The molecule has 0 saturated carbocycles. The van der Waals surface area contributed by atoms with Gasteiger partial charge in [-0.3, -0.25) is 4.79 Å². The topological polar surface area (TPSA) is 89.2 Å². The van der Waals surface area contributed by atoms with Crippen molar-refractivity contribution in [3.63, 3.8) is 0 Å². The summed E-state index contributed by atoms with van der Waals surface area (Å²) in [5.41, 5.74) is 1.63. The van der Waals surface area contributed by atoms with Crippen molar-refractivity contribution in [1.82, 2.24) is 18.7 Å². The van der Waals surface area contributed by atoms with Crippen LogP contribution in [0.15, 0.2) is 47.5 Å². The minimum atomic E-state index is -3.66. The first kappa shape index (κ1) is 22.1. The highest BCUT2D eigenvalue weighted by atomic mass is 35.5. The normalized spacial score (nSPS) is 11.8. The number of benzene rings is 1. The fourth-order valence-corrected chi connectivity index (χ4v) is 4.90. The number of amides is 1. The third kappa shape index (κ3) is 4.28. The molecule has 30 heavy (non-hydrogen) atoms. The highest BCUT2D eigenvalue weighted by Gasteiger charge is 2.25. The smallest absolute Gasteiger partial charge is 0.273 e. The Bertz CT molecular complexity index is 1180. The Morgan fingerprint density at radius 1 is 1.20 bits per heavy atom. The summed E-state index contributed by atoms with van der Waals surface area (Å²) in [5.74, 6) is 0.00999. The fraction of sp³-hybridized carbons (Fsp3) is 0.300. The number of halogens is 1. The SMILES string of the molecule is CCN(CC)S(=O)(=O)c1cc(C(=O)Nc2cc(C)nn2-c2cccc(Cl)c2)n(C)c1. The molecule has 0 radical (unpaired) electrons. The summed E-state index contributed by atoms with van der Waals surface area (Å²) in [6, 6.07) is 10.2. The second-order valence-corrected chi connectivity index (χ2v) is 9.15. The Labute approximate surface area is 181 Å². The first-order valence-electron chi connectivity index (χ1n) is 9.47. The Hall–Kier alpha value is -2.62. The molecule has 3 aromatic rings. The molecule has 0 unspecified atom stereocenters. The molecule has 1 aromatic carbocycles. The van der Waals surface area contributed by atoms with E-state index in [1.807, 2.05) is 13.0 Å². The first-order valence-corrected chi connectivity index (χ1v) is 11.3. The predicted molar refractivity (Wildman–Crippen MR) is 117 cm³/mol. The second kappa shape index (κ2) is 8.63. The van der Waals surface area contributed by atoms with E-state index in [9.17, 15) is 13.2 Å². The van der Waals surface area contributed by atoms with Gasteiger partial charge in [-0.05, 0) is 31.2 Å². The molecule has 0 atom stereocenters. The molecule has 0 saturated heterocycles. The molecule has 2 heterocycles. The monoisotopic (exact) mass is 449 g/mol. The summed E-state index contributed by atoms with van der Waals surface area (Å²) in [6.45, 7) is 6.07. The van der Waals surface area contributed by atoms with Gasteiger partial charge in [-0.25, -0.2) is 13.1 Å². The van der Waals surface area contributed by atoms with Crippen molar-refractivity contribution in [2.45, 2.75) is 25.7 Å². The van der Waals surface area contributed by atoms with E-state index in [4.69, 9.17) is 11.6 Å². The molecule has 0 aliphatic carbocycles. The molecule has 0 fully saturated rings. The summed E-state index contributed by atoms with van der Waals surface area (Å²) in [4.78, 5) is 13.0. The fourth-order valence-electron chi connectivity index (χ4n) is 3.19. The van der Waals surface area contributed by atoms with Gasteiger partial charge in [-0.15, -0.1) is 0 Å². The van der Waals surface area contributed by atoms with E-state index in [1.165, 1.54) is 21.1 Å². The van der Waals surface area contributed by atoms with E-state index in [-0.39, 0.29) is 10.6 Å². The van der Waals surface area contributed by atoms with E-state index >= 15 is 0 Å². The van der Waals surface area contributed by atoms with Crippen LogP contribution in [-0.4, -0.2) is 46.1 Å². The molecular formula is C20H24ClN5O3S. The summed E-state index contributed by atoms with van der Waals surface area (Å²) in [5, 5.41) is 7.78. The second-order valence-electron chi connectivity index (χ2n) is 6.78. The number of aryl methyl sites for hydroxylation is 2. The number of aromatic nitrogens is 3. The van der Waals surface area contributed by atoms with Gasteiger partial charge in [0.25, 0.3) is 5.91 Å². The summed E-state index contributed by atoms with van der Waals surface area (Å²) in [6.07, 6.45) is 1.45. The third-order valence-corrected chi connectivity index (χ3v) is 6.93. The average Bonchev–Trinajstić information content (AvgIpc) is 3.25. The van der Waals surface area contributed by atoms with Crippen LogP contribution in [0.1, 0.15) is 30.0 Å². The maximum atomic E-state index is 12.9. The highest BCUT2D eigenvalue weighted by molar-refractivity contribution is 7.89. The molecule has 1 N–H and O–H groups in total. The van der Waals surface area contributed by atoms with Gasteiger partial charge in [0.05, 0.1) is 11.4 Å². The molecule has 0 aliphatic rings. The van der Waals surface area contributed by atoms with Gasteiger partial charge < -0.3 is 9.88 Å². The third-order valence-electron chi connectivity index (χ3n) is 4.68. The van der Waals surface area contributed by atoms with E-state index in [2.05, 4.69) is 10.4 Å². The zero-order chi connectivity index (χ0) is 22.1. The minimum Gasteiger partial charge on any atom is -0.345 e. The quantitative estimate of drug-likeness (QED) is 0.598. The van der Waals surface area contributed by atoms with E-state index in [0.717, 1.165) is 0 Å². The van der Waals surface area contributed by atoms with Crippen LogP contribution < -0.4 is 5.32 Å². The van der Waals surface area contributed by atoms with Crippen molar-refractivity contribution in [3.8, 4) is 5.69 Å². The van der Waals surface area contributed by atoms with Crippen LogP contribution in [0.3, 0.4) is 0 Å². The molecule has 0 bridgehead atoms. The van der Waals surface area contributed by atoms with Crippen LogP contribution >= 0.6 is 11.6 Å². The minimum absolute atomic E-state index is 0.0818. The average molecular weight is 450 g/mol. The van der Waals surface area contributed by atoms with Crippen molar-refractivity contribution >= 4 is 33.3 Å². The van der Waals surface area contributed by atoms with Crippen LogP contribution in [0.25, 0.3) is 5.69 Å². The van der Waals surface area contributed by atoms with E-state index < -0.39 is 15.9 Å². The maximum Gasteiger partial charge on any atom is 0.273 e. The van der Waals surface area contributed by atoms with Crippen LogP contribution in [0.5, 0.6) is 0 Å². The van der Waals surface area contributed by atoms with E-state index in [0.29, 0.717) is 35.3 Å². The van der Waals surface area contributed by atoms with Crippen LogP contribution in [0.2, 0.25) is 5.02 Å². The molecule has 2 aromatic heterocycles. The van der Waals surface area contributed by atoms with Crippen molar-refractivity contribution in [2.75, 3.05) is 18.4 Å². The molecule has 1 amide bonds. The van der Waals surface area contributed by atoms with Crippen molar-refractivity contribution < 1.29 is 13.2 Å². The van der Waals surface area contributed by atoms with Gasteiger partial charge in [-0.2, -0.15) is 9.40 Å². The Kier molecular flexibility index (Phi) is 6.35. The summed E-state index contributed by atoms with van der Waals surface area (Å²) >= 11 is 6.08. The number of hydrogen-bond acceptors (Lipinski definition) is 4. The summed E-state index contributed by atoms with van der Waals surface area (Å²) < 4.78 is 30.0. The lowest BCUT2D eigenvalue weighted by atomic mass is 10.3. The van der Waals surface area contributed by atoms with Gasteiger partial charge in [0.1, 0.15) is 16.4 Å². The largest absolute Gasteiger partial charge is 0.345 e. The lowest BCUT2D eigenvalue weighted by Gasteiger charge is -2.17. The molecule has 8 nitrogen and oxygen atoms in total. The number of anilines is 1. The zero-order valence-corrected chi connectivity index (χ0v) is 18.8. The molecule has 10 heteroatoms. The van der Waals surface area contributed by atoms with Gasteiger partial charge in [-0.1, -0.05) is 31.5 Å². The number of nitrogens with zero attached hydrogens (tertiary/aromatic N) is 4. The molecule has 0 spiro atoms. The Morgan fingerprint density at radius 2 is 1.90 bits per heavy atom. The number of nitrogens with one attached hydrogen (secondary N) is 1. The summed E-state index contributed by atoms with van der Waals surface area (Å²) in [7, 11) is -2.03. The van der Waals surface area contributed by atoms with Crippen LogP contribution in [0, 0.1) is 6.92 Å². The Balaban J connectivity index is 1.93. The lowest BCUT2D eigenvalue weighted by molar-refractivity contribution is 0.101. The number of carbonyl (C=O) groups is 1. The Morgan fingerprint density at radius 3 is 2.53 bits per heavy atom. The lowest BCUT2D eigenvalue weighted by Crippen LogP contribution is -2.30. The standard InChI is InChI=1S/C20H24ClN5O3S/c1-5-25(6-2)30(28,29)17-12-18(24(4)13-17)20(27)22-19-10-14(3)23-26(19)16-9-7-8-15(21)11-16/h7-13H,5-6H2,1-4H3,(H,22,27). The molecule has 0 aliphatic heterocycles. The van der Waals surface area contributed by atoms with Gasteiger partial charge in [0.2, 0.25) is 10.0 Å².